The number of β-amino-alcohol motifs (C(OH)–C–C–N with tert-alkyl or cyclic N) is 1. The van der Waals surface area contributed by atoms with Crippen molar-refractivity contribution in [3.63, 3.8) is 0 Å². The van der Waals surface area contributed by atoms with Crippen LogP contribution in [0.5, 0.6) is 0 Å². The van der Waals surface area contributed by atoms with Gasteiger partial charge in [-0.1, -0.05) is 41.0 Å². The lowest BCUT2D eigenvalue weighted by molar-refractivity contribution is -0.144. The lowest BCUT2D eigenvalue weighted by atomic mass is 9.97. The van der Waals surface area contributed by atoms with Crippen molar-refractivity contribution in [2.45, 2.75) is 25.1 Å². The van der Waals surface area contributed by atoms with Gasteiger partial charge in [-0.2, -0.15) is 23.3 Å². The number of aromatic nitrogens is 5. The molecule has 10 nitrogen and oxygen atoms in total. The van der Waals surface area contributed by atoms with Gasteiger partial charge in [0.25, 0.3) is 5.89 Å². The maximum Gasteiger partial charge on any atom is 0.434 e. The molecule has 2 atom stereocenters. The van der Waals surface area contributed by atoms with Crippen molar-refractivity contribution in [3.8, 4) is 28.7 Å². The summed E-state index contributed by atoms with van der Waals surface area (Å²) in [6.45, 7) is 1.36. The number of hydrogen-bond donors (Lipinski definition) is 2. The highest BCUT2D eigenvalue weighted by Gasteiger charge is 2.41. The quantitative estimate of drug-likeness (QED) is 0.334. The van der Waals surface area contributed by atoms with E-state index in [9.17, 15) is 28.2 Å². The van der Waals surface area contributed by atoms with Gasteiger partial charge in [0.15, 0.2) is 11.5 Å². The van der Waals surface area contributed by atoms with Crippen LogP contribution < -0.4 is 0 Å². The predicted octanol–water partition coefficient (Wildman–Crippen LogP) is 4.49. The summed E-state index contributed by atoms with van der Waals surface area (Å²) >= 11 is 5.79. The van der Waals surface area contributed by atoms with Gasteiger partial charge in [0.1, 0.15) is 0 Å². The normalized spacial score (nSPS) is 17.3. The topological polar surface area (TPSA) is 130 Å². The molecule has 5 rings (SSSR count). The van der Waals surface area contributed by atoms with E-state index in [1.54, 1.807) is 24.3 Å². The van der Waals surface area contributed by atoms with Crippen molar-refractivity contribution in [1.29, 1.82) is 0 Å². The summed E-state index contributed by atoms with van der Waals surface area (Å²) in [5.41, 5.74) is -0.485. The van der Waals surface area contributed by atoms with Crippen LogP contribution in [0.3, 0.4) is 0 Å². The second-order valence-corrected chi connectivity index (χ2v) is 9.59. The van der Waals surface area contributed by atoms with Gasteiger partial charge < -0.3 is 14.7 Å². The third kappa shape index (κ3) is 5.79. The third-order valence-electron chi connectivity index (χ3n) is 6.46. The van der Waals surface area contributed by atoms with Crippen LogP contribution in [-0.4, -0.2) is 65.6 Å². The zero-order chi connectivity index (χ0) is 27.7. The van der Waals surface area contributed by atoms with E-state index in [1.165, 1.54) is 18.3 Å². The number of rotatable bonds is 7. The minimum atomic E-state index is -4.81. The Hall–Kier alpha value is -3.81. The fraction of sp³-hybridized carbons (Fsp3) is 0.320. The van der Waals surface area contributed by atoms with Crippen LogP contribution in [0.25, 0.3) is 28.7 Å². The first-order valence-corrected chi connectivity index (χ1v) is 12.3. The molecular weight excluding hydrogens is 541 g/mol. The highest BCUT2D eigenvalue weighted by atomic mass is 35.5. The van der Waals surface area contributed by atoms with Crippen LogP contribution in [0, 0.1) is 5.92 Å². The Morgan fingerprint density at radius 1 is 1.18 bits per heavy atom. The molecule has 0 radical (unpaired) electrons. The number of aliphatic hydroxyl groups excluding tert-OH is 1. The lowest BCUT2D eigenvalue weighted by Crippen LogP contribution is -2.40. The maximum atomic E-state index is 14.0. The van der Waals surface area contributed by atoms with Crippen molar-refractivity contribution < 1.29 is 32.7 Å². The molecule has 1 saturated heterocycles. The molecule has 0 bridgehead atoms. The number of alkyl halides is 3. The van der Waals surface area contributed by atoms with E-state index < -0.39 is 35.4 Å². The first-order chi connectivity index (χ1) is 18.6. The molecule has 1 aliphatic rings. The molecule has 204 valence electrons. The summed E-state index contributed by atoms with van der Waals surface area (Å²) in [4.78, 5) is 21.3. The van der Waals surface area contributed by atoms with Gasteiger partial charge in [-0.25, -0.2) is 9.67 Å². The van der Waals surface area contributed by atoms with Gasteiger partial charge in [-0.05, 0) is 37.1 Å². The highest BCUT2D eigenvalue weighted by Crippen LogP contribution is 2.38. The van der Waals surface area contributed by atoms with Crippen LogP contribution in [0.1, 0.15) is 30.2 Å². The zero-order valence-electron chi connectivity index (χ0n) is 20.2. The largest absolute Gasteiger partial charge is 0.481 e. The second kappa shape index (κ2) is 10.8. The number of piperidine rings is 1. The summed E-state index contributed by atoms with van der Waals surface area (Å²) < 4.78 is 47.8. The number of aliphatic hydroxyl groups is 1. The summed E-state index contributed by atoms with van der Waals surface area (Å²) in [5, 5.41) is 27.8. The average Bonchev–Trinajstić information content (AvgIpc) is 3.57. The van der Waals surface area contributed by atoms with E-state index >= 15 is 0 Å². The first kappa shape index (κ1) is 26.8. The Balaban J connectivity index is 1.34. The van der Waals surface area contributed by atoms with Crippen LogP contribution in [-0.2, 0) is 11.0 Å². The first-order valence-electron chi connectivity index (χ1n) is 11.9. The summed E-state index contributed by atoms with van der Waals surface area (Å²) in [5.74, 6) is -1.70. The van der Waals surface area contributed by atoms with E-state index in [0.29, 0.717) is 35.3 Å². The van der Waals surface area contributed by atoms with E-state index in [-0.39, 0.29) is 29.1 Å². The molecule has 1 aromatic carbocycles. The number of benzene rings is 1. The van der Waals surface area contributed by atoms with Crippen LogP contribution in [0.2, 0.25) is 5.02 Å². The van der Waals surface area contributed by atoms with Gasteiger partial charge in [-0.15, -0.1) is 0 Å². The van der Waals surface area contributed by atoms with E-state index in [1.807, 2.05) is 4.90 Å². The molecule has 1 fully saturated rings. The third-order valence-corrected chi connectivity index (χ3v) is 6.69. The predicted molar refractivity (Wildman–Crippen MR) is 132 cm³/mol. The number of likely N-dealkylation sites (tertiary alicyclic amines) is 1. The maximum absolute atomic E-state index is 14.0. The van der Waals surface area contributed by atoms with Gasteiger partial charge in [0, 0.05) is 24.8 Å². The van der Waals surface area contributed by atoms with Crippen molar-refractivity contribution >= 4 is 17.6 Å². The molecule has 4 aromatic rings. The Bertz CT molecular complexity index is 1460. The number of hydrogen-bond acceptors (Lipinski definition) is 8. The molecule has 0 aliphatic carbocycles. The Kier molecular flexibility index (Phi) is 7.38. The summed E-state index contributed by atoms with van der Waals surface area (Å²) in [6.07, 6.45) is -2.11. The number of nitrogens with zero attached hydrogens (tertiary/aromatic N) is 6. The number of aliphatic carboxylic acids is 1. The fourth-order valence-electron chi connectivity index (χ4n) is 4.52. The van der Waals surface area contributed by atoms with E-state index in [4.69, 9.17) is 16.1 Å². The Labute approximate surface area is 224 Å². The average molecular weight is 563 g/mol. The van der Waals surface area contributed by atoms with Gasteiger partial charge in [0.2, 0.25) is 5.82 Å². The minimum Gasteiger partial charge on any atom is -0.481 e. The number of carbonyl (C=O) groups is 1. The van der Waals surface area contributed by atoms with E-state index in [2.05, 4.69) is 20.2 Å². The van der Waals surface area contributed by atoms with Crippen molar-refractivity contribution in [3.05, 3.63) is 65.1 Å². The molecule has 0 saturated carbocycles. The molecular formula is C25H22ClF3N6O4. The molecule has 1 aliphatic heterocycles. The number of carboxylic acid groups (broad SMARTS) is 1. The highest BCUT2D eigenvalue weighted by molar-refractivity contribution is 6.30. The standard InChI is InChI=1S/C25H22ClF3N6O4/c26-17-7-8-20(30-10-17)35-21(25(27,28)29)18(11-31-35)23-32-22(33-39-23)15-5-3-14(4-6-15)19(36)13-34-9-1-2-16(12-34)24(37)38/h3-8,10-11,16,19,36H,1-2,9,12-13H2,(H,37,38)/t16-,19+/m0/s1. The second-order valence-electron chi connectivity index (χ2n) is 9.15. The Morgan fingerprint density at radius 3 is 2.62 bits per heavy atom. The molecule has 2 N–H and O–H groups in total. The van der Waals surface area contributed by atoms with Gasteiger partial charge >= 0.3 is 12.1 Å². The van der Waals surface area contributed by atoms with Crippen molar-refractivity contribution in [2.75, 3.05) is 19.6 Å². The number of pyridine rings is 1. The van der Waals surface area contributed by atoms with Crippen molar-refractivity contribution in [2.24, 2.45) is 5.92 Å². The summed E-state index contributed by atoms with van der Waals surface area (Å²) in [7, 11) is 0. The van der Waals surface area contributed by atoms with Crippen LogP contribution >= 0.6 is 11.6 Å². The molecule has 0 amide bonds. The van der Waals surface area contributed by atoms with Gasteiger partial charge in [-0.3, -0.25) is 9.69 Å². The zero-order valence-corrected chi connectivity index (χ0v) is 21.0. The molecule has 0 spiro atoms. The SMILES string of the molecule is O=C(O)[C@H]1CCCN(C[C@@H](O)c2ccc(-c3noc(-c4cnn(-c5ccc(Cl)cn5)c4C(F)(F)F)n3)cc2)C1. The molecule has 0 unspecified atom stereocenters. The van der Waals surface area contributed by atoms with Crippen molar-refractivity contribution in [1.82, 2.24) is 29.8 Å². The molecule has 39 heavy (non-hydrogen) atoms. The number of carboxylic acids is 1. The van der Waals surface area contributed by atoms with Crippen LogP contribution in [0.4, 0.5) is 13.2 Å². The summed E-state index contributed by atoms with van der Waals surface area (Å²) in [6, 6.07) is 9.25. The lowest BCUT2D eigenvalue weighted by Gasteiger charge is -2.32. The molecule has 4 heterocycles. The minimum absolute atomic E-state index is 0.0527. The molecule has 14 heteroatoms. The van der Waals surface area contributed by atoms with Crippen LogP contribution in [0.15, 0.2) is 53.3 Å². The monoisotopic (exact) mass is 562 g/mol. The Morgan fingerprint density at radius 2 is 1.95 bits per heavy atom. The van der Waals surface area contributed by atoms with Gasteiger partial charge in [0.05, 0.1) is 28.8 Å². The smallest absolute Gasteiger partial charge is 0.434 e. The van der Waals surface area contributed by atoms with E-state index in [0.717, 1.165) is 12.6 Å². The number of halogens is 4. The fourth-order valence-corrected chi connectivity index (χ4v) is 4.63. The molecule has 3 aromatic heterocycles.